The van der Waals surface area contributed by atoms with Gasteiger partial charge < -0.3 is 4.90 Å². The number of anilines is 3. The van der Waals surface area contributed by atoms with Crippen molar-refractivity contribution in [2.24, 2.45) is 0 Å². The van der Waals surface area contributed by atoms with Gasteiger partial charge in [0.2, 0.25) is 0 Å². The summed E-state index contributed by atoms with van der Waals surface area (Å²) in [6, 6.07) is 85.8. The van der Waals surface area contributed by atoms with Crippen LogP contribution in [0, 0.1) is 0 Å². The van der Waals surface area contributed by atoms with E-state index >= 15 is 0 Å². The molecule has 10 aromatic rings. The molecule has 0 unspecified atom stereocenters. The summed E-state index contributed by atoms with van der Waals surface area (Å²) in [5.41, 5.74) is 17.9. The second-order valence-electron chi connectivity index (χ2n) is 16.0. The minimum Gasteiger partial charge on any atom is -0.310 e. The van der Waals surface area contributed by atoms with Crippen molar-refractivity contribution in [1.82, 2.24) is 0 Å². The lowest BCUT2D eigenvalue weighted by molar-refractivity contribution is 0.768. The highest BCUT2D eigenvalue weighted by molar-refractivity contribution is 7.17. The van der Waals surface area contributed by atoms with Crippen LogP contribution in [0.3, 0.4) is 0 Å². The summed E-state index contributed by atoms with van der Waals surface area (Å²) >= 11 is 1.79. The maximum absolute atomic E-state index is 2.50. The average Bonchev–Trinajstić information content (AvgIpc) is 4.01. The molecule has 2 aliphatic rings. The molecule has 1 aromatic heterocycles. The SMILES string of the molecule is c1ccc(C2(c3ccccc3)c3ccccc3-c3cc(N(c4ccc5c(c4)-c4ccccc4C5(c4ccccc4)c4ccccc4)c4cccc5sccc45)ccc32)cc1. The molecule has 0 fully saturated rings. The van der Waals surface area contributed by atoms with Gasteiger partial charge in [-0.1, -0.05) is 188 Å². The molecule has 0 saturated carbocycles. The monoisotopic (exact) mass is 781 g/mol. The van der Waals surface area contributed by atoms with Gasteiger partial charge in [0.15, 0.2) is 0 Å². The van der Waals surface area contributed by atoms with E-state index in [1.165, 1.54) is 82.5 Å². The molecule has 1 heterocycles. The van der Waals surface area contributed by atoms with Crippen LogP contribution in [0.2, 0.25) is 0 Å². The van der Waals surface area contributed by atoms with E-state index in [4.69, 9.17) is 0 Å². The van der Waals surface area contributed by atoms with E-state index in [2.05, 4.69) is 241 Å². The average molecular weight is 782 g/mol. The third kappa shape index (κ3) is 4.86. The van der Waals surface area contributed by atoms with Gasteiger partial charge in [0, 0.05) is 21.5 Å². The fraction of sp³-hybridized carbons (Fsp3) is 0.0345. The van der Waals surface area contributed by atoms with Gasteiger partial charge in [0.1, 0.15) is 0 Å². The highest BCUT2D eigenvalue weighted by Crippen LogP contribution is 2.59. The van der Waals surface area contributed by atoms with E-state index < -0.39 is 10.8 Å². The van der Waals surface area contributed by atoms with Gasteiger partial charge in [-0.25, -0.2) is 0 Å². The Morgan fingerprint density at radius 2 is 0.717 bits per heavy atom. The summed E-state index contributed by atoms with van der Waals surface area (Å²) in [4.78, 5) is 2.50. The van der Waals surface area contributed by atoms with E-state index in [0.29, 0.717) is 0 Å². The zero-order valence-corrected chi connectivity index (χ0v) is 33.7. The lowest BCUT2D eigenvalue weighted by Gasteiger charge is -2.34. The molecule has 0 saturated heterocycles. The molecule has 60 heavy (non-hydrogen) atoms. The van der Waals surface area contributed by atoms with E-state index in [1.807, 2.05) is 0 Å². The van der Waals surface area contributed by atoms with Crippen LogP contribution in [-0.4, -0.2) is 0 Å². The number of fused-ring (bicyclic) bond motifs is 7. The standard InChI is InChI=1S/C58H39NS/c1-5-18-40(19-6-1)57(41-20-7-2-8-21-41)51-28-15-13-26-46(51)49-38-44(32-34-53(49)57)59(55-30-17-31-56-48(55)36-37-60-56)45-33-35-54-50(39-45)47-27-14-16-29-52(47)58(54,42-22-9-3-10-23-42)43-24-11-4-12-25-43/h1-39H. The molecule has 12 rings (SSSR count). The Kier molecular flexibility index (Phi) is 7.91. The van der Waals surface area contributed by atoms with Crippen LogP contribution in [-0.2, 0) is 10.8 Å². The fourth-order valence-corrected chi connectivity index (χ4v) is 11.6. The van der Waals surface area contributed by atoms with Crippen molar-refractivity contribution < 1.29 is 0 Å². The van der Waals surface area contributed by atoms with Gasteiger partial charge in [-0.05, 0) is 115 Å². The van der Waals surface area contributed by atoms with Crippen LogP contribution in [0.4, 0.5) is 17.1 Å². The molecule has 0 aliphatic heterocycles. The molecule has 0 spiro atoms. The lowest BCUT2D eigenvalue weighted by atomic mass is 9.67. The van der Waals surface area contributed by atoms with Gasteiger partial charge in [0.25, 0.3) is 0 Å². The van der Waals surface area contributed by atoms with Gasteiger partial charge in [-0.2, -0.15) is 0 Å². The molecule has 0 bridgehead atoms. The number of benzene rings is 9. The molecule has 0 N–H and O–H groups in total. The molecular formula is C58H39NS. The van der Waals surface area contributed by atoms with E-state index in [9.17, 15) is 0 Å². The summed E-state index contributed by atoms with van der Waals surface area (Å²) in [6.07, 6.45) is 0. The lowest BCUT2D eigenvalue weighted by Crippen LogP contribution is -2.28. The molecule has 2 aliphatic carbocycles. The van der Waals surface area contributed by atoms with Crippen molar-refractivity contribution in [3.63, 3.8) is 0 Å². The van der Waals surface area contributed by atoms with Crippen molar-refractivity contribution in [2.45, 2.75) is 10.8 Å². The highest BCUT2D eigenvalue weighted by atomic mass is 32.1. The van der Waals surface area contributed by atoms with Gasteiger partial charge >= 0.3 is 0 Å². The summed E-state index contributed by atoms with van der Waals surface area (Å²) in [7, 11) is 0. The van der Waals surface area contributed by atoms with E-state index in [1.54, 1.807) is 11.3 Å². The van der Waals surface area contributed by atoms with Crippen LogP contribution >= 0.6 is 11.3 Å². The van der Waals surface area contributed by atoms with Gasteiger partial charge in [-0.15, -0.1) is 11.3 Å². The third-order valence-electron chi connectivity index (χ3n) is 13.1. The van der Waals surface area contributed by atoms with Crippen molar-refractivity contribution in [3.8, 4) is 22.3 Å². The summed E-state index contributed by atoms with van der Waals surface area (Å²) in [6.45, 7) is 0. The van der Waals surface area contributed by atoms with Crippen LogP contribution in [0.5, 0.6) is 0 Å². The number of rotatable bonds is 7. The largest absolute Gasteiger partial charge is 0.310 e. The van der Waals surface area contributed by atoms with Crippen LogP contribution in [0.25, 0.3) is 32.3 Å². The Labute approximate surface area is 355 Å². The summed E-state index contributed by atoms with van der Waals surface area (Å²) in [5.74, 6) is 0. The Balaban J connectivity index is 1.12. The topological polar surface area (TPSA) is 3.24 Å². The molecular weight excluding hydrogens is 743 g/mol. The molecule has 0 atom stereocenters. The highest BCUT2D eigenvalue weighted by Gasteiger charge is 2.48. The molecule has 9 aromatic carbocycles. The van der Waals surface area contributed by atoms with Gasteiger partial charge in [0.05, 0.1) is 16.5 Å². The maximum atomic E-state index is 2.50. The molecule has 2 heteroatoms. The van der Waals surface area contributed by atoms with Gasteiger partial charge in [-0.3, -0.25) is 0 Å². The zero-order chi connectivity index (χ0) is 39.7. The number of nitrogens with zero attached hydrogens (tertiary/aromatic N) is 1. The quantitative estimate of drug-likeness (QED) is 0.156. The first-order chi connectivity index (χ1) is 29.8. The van der Waals surface area contributed by atoms with Crippen molar-refractivity contribution in [2.75, 3.05) is 4.90 Å². The summed E-state index contributed by atoms with van der Waals surface area (Å²) in [5, 5.41) is 3.46. The normalized spacial score (nSPS) is 13.9. The number of hydrogen-bond acceptors (Lipinski definition) is 2. The van der Waals surface area contributed by atoms with E-state index in [-0.39, 0.29) is 0 Å². The Bertz CT molecular complexity index is 2940. The first-order valence-electron chi connectivity index (χ1n) is 20.8. The summed E-state index contributed by atoms with van der Waals surface area (Å²) < 4.78 is 1.27. The predicted molar refractivity (Wildman–Crippen MR) is 251 cm³/mol. The van der Waals surface area contributed by atoms with Crippen molar-refractivity contribution in [1.29, 1.82) is 0 Å². The van der Waals surface area contributed by atoms with Crippen LogP contribution in [0.15, 0.2) is 236 Å². The maximum Gasteiger partial charge on any atom is 0.0713 e. The number of hydrogen-bond donors (Lipinski definition) is 0. The Morgan fingerprint density at radius 1 is 0.317 bits per heavy atom. The molecule has 0 radical (unpaired) electrons. The smallest absolute Gasteiger partial charge is 0.0713 e. The fourth-order valence-electron chi connectivity index (χ4n) is 10.8. The second-order valence-corrected chi connectivity index (χ2v) is 16.9. The minimum absolute atomic E-state index is 0.458. The molecule has 0 amide bonds. The molecule has 282 valence electrons. The Morgan fingerprint density at radius 3 is 1.17 bits per heavy atom. The van der Waals surface area contributed by atoms with E-state index in [0.717, 1.165) is 11.4 Å². The molecule has 1 nitrogen and oxygen atoms in total. The second kappa shape index (κ2) is 13.7. The number of thiophene rings is 1. The first kappa shape index (κ1) is 34.8. The minimum atomic E-state index is -0.458. The Hall–Kier alpha value is -7.26. The van der Waals surface area contributed by atoms with Crippen molar-refractivity contribution in [3.05, 3.63) is 280 Å². The van der Waals surface area contributed by atoms with Crippen LogP contribution in [0.1, 0.15) is 44.5 Å². The zero-order valence-electron chi connectivity index (χ0n) is 32.9. The van der Waals surface area contributed by atoms with Crippen LogP contribution < -0.4 is 4.90 Å². The van der Waals surface area contributed by atoms with Crippen molar-refractivity contribution >= 4 is 38.5 Å². The predicted octanol–water partition coefficient (Wildman–Crippen LogP) is 15.1. The first-order valence-corrected chi connectivity index (χ1v) is 21.6. The third-order valence-corrected chi connectivity index (χ3v) is 14.0.